The molecule has 0 radical (unpaired) electrons. The summed E-state index contributed by atoms with van der Waals surface area (Å²) in [5, 5.41) is 5.68. The Labute approximate surface area is 106 Å². The third-order valence-electron chi connectivity index (χ3n) is 2.76. The van der Waals surface area contributed by atoms with Gasteiger partial charge in [-0.3, -0.25) is 4.79 Å². The van der Waals surface area contributed by atoms with Crippen LogP contribution in [-0.2, 0) is 11.3 Å². The molecule has 5 nitrogen and oxygen atoms in total. The minimum absolute atomic E-state index is 0.0352. The normalized spacial score (nSPS) is 10.7. The maximum atomic E-state index is 11.2. The van der Waals surface area contributed by atoms with Gasteiger partial charge in [0, 0.05) is 13.1 Å². The molecule has 0 aliphatic carbocycles. The van der Waals surface area contributed by atoms with Crippen molar-refractivity contribution in [1.29, 1.82) is 0 Å². The Balaban J connectivity index is 1.82. The van der Waals surface area contributed by atoms with Crippen molar-refractivity contribution in [1.82, 2.24) is 20.2 Å². The van der Waals surface area contributed by atoms with Gasteiger partial charge < -0.3 is 15.2 Å². The molecule has 0 unspecified atom stereocenters. The highest BCUT2D eigenvalue weighted by molar-refractivity contribution is 5.77. The number of aromatic nitrogens is 2. The lowest BCUT2D eigenvalue weighted by Crippen LogP contribution is -2.33. The topological polar surface area (TPSA) is 59.0 Å². The van der Waals surface area contributed by atoms with Crippen molar-refractivity contribution in [2.45, 2.75) is 13.0 Å². The van der Waals surface area contributed by atoms with E-state index in [0.29, 0.717) is 13.1 Å². The molecule has 1 aromatic carbocycles. The molecule has 1 heterocycles. The zero-order valence-corrected chi connectivity index (χ0v) is 10.5. The first-order chi connectivity index (χ1) is 8.81. The summed E-state index contributed by atoms with van der Waals surface area (Å²) in [6.07, 6.45) is 2.75. The zero-order valence-electron chi connectivity index (χ0n) is 10.5. The number of amides is 1. The number of para-hydroxylation sites is 2. The number of imidazole rings is 1. The number of hydrogen-bond acceptors (Lipinski definition) is 3. The van der Waals surface area contributed by atoms with Gasteiger partial charge in [-0.2, -0.15) is 0 Å². The SMILES string of the molecule is CNCC(=O)NCCCn1cnc2ccccc21. The van der Waals surface area contributed by atoms with Crippen LogP contribution in [0.3, 0.4) is 0 Å². The van der Waals surface area contributed by atoms with Crippen LogP contribution in [0.1, 0.15) is 6.42 Å². The zero-order chi connectivity index (χ0) is 12.8. The number of likely N-dealkylation sites (N-methyl/N-ethyl adjacent to an activating group) is 1. The van der Waals surface area contributed by atoms with E-state index in [9.17, 15) is 4.79 Å². The highest BCUT2D eigenvalue weighted by Gasteiger charge is 2.01. The molecule has 96 valence electrons. The first-order valence-electron chi connectivity index (χ1n) is 6.12. The minimum atomic E-state index is 0.0352. The first-order valence-corrected chi connectivity index (χ1v) is 6.12. The van der Waals surface area contributed by atoms with Crippen molar-refractivity contribution in [3.8, 4) is 0 Å². The summed E-state index contributed by atoms with van der Waals surface area (Å²) in [4.78, 5) is 15.6. The summed E-state index contributed by atoms with van der Waals surface area (Å²) in [6, 6.07) is 8.05. The molecule has 0 spiro atoms. The number of hydrogen-bond donors (Lipinski definition) is 2. The molecule has 0 saturated carbocycles. The molecule has 18 heavy (non-hydrogen) atoms. The number of rotatable bonds is 6. The number of benzene rings is 1. The maximum absolute atomic E-state index is 11.2. The quantitative estimate of drug-likeness (QED) is 0.740. The lowest BCUT2D eigenvalue weighted by Gasteiger charge is -2.06. The van der Waals surface area contributed by atoms with Gasteiger partial charge in [0.05, 0.1) is 23.9 Å². The van der Waals surface area contributed by atoms with E-state index in [4.69, 9.17) is 0 Å². The molecular weight excluding hydrogens is 228 g/mol. The molecule has 0 fully saturated rings. The highest BCUT2D eigenvalue weighted by atomic mass is 16.1. The molecule has 0 atom stereocenters. The van der Waals surface area contributed by atoms with Gasteiger partial charge in [-0.25, -0.2) is 4.98 Å². The maximum Gasteiger partial charge on any atom is 0.233 e. The molecular formula is C13H18N4O. The highest BCUT2D eigenvalue weighted by Crippen LogP contribution is 2.11. The smallest absolute Gasteiger partial charge is 0.233 e. The van der Waals surface area contributed by atoms with Crippen molar-refractivity contribution in [2.75, 3.05) is 20.1 Å². The first kappa shape index (κ1) is 12.6. The number of fused-ring (bicyclic) bond motifs is 1. The van der Waals surface area contributed by atoms with Gasteiger partial charge in [-0.15, -0.1) is 0 Å². The van der Waals surface area contributed by atoms with Crippen LogP contribution >= 0.6 is 0 Å². The summed E-state index contributed by atoms with van der Waals surface area (Å²) in [5.74, 6) is 0.0352. The van der Waals surface area contributed by atoms with Crippen LogP contribution in [0.15, 0.2) is 30.6 Å². The van der Waals surface area contributed by atoms with Crippen LogP contribution in [0, 0.1) is 0 Å². The van der Waals surface area contributed by atoms with Gasteiger partial charge >= 0.3 is 0 Å². The van der Waals surface area contributed by atoms with E-state index in [1.165, 1.54) is 0 Å². The number of nitrogens with zero attached hydrogens (tertiary/aromatic N) is 2. The van der Waals surface area contributed by atoms with E-state index in [2.05, 4.69) is 26.3 Å². The Hall–Kier alpha value is -1.88. The molecule has 0 saturated heterocycles. The summed E-state index contributed by atoms with van der Waals surface area (Å²) >= 11 is 0. The Morgan fingerprint density at radius 1 is 1.39 bits per heavy atom. The lowest BCUT2D eigenvalue weighted by atomic mass is 10.3. The Morgan fingerprint density at radius 3 is 3.06 bits per heavy atom. The van der Waals surface area contributed by atoms with Crippen LogP contribution in [0.5, 0.6) is 0 Å². The number of carbonyl (C=O) groups excluding carboxylic acids is 1. The molecule has 0 bridgehead atoms. The summed E-state index contributed by atoms with van der Waals surface area (Å²) in [7, 11) is 1.76. The second-order valence-electron chi connectivity index (χ2n) is 4.16. The Bertz CT molecular complexity index is 520. The summed E-state index contributed by atoms with van der Waals surface area (Å²) in [6.45, 7) is 1.92. The van der Waals surface area contributed by atoms with E-state index in [1.807, 2.05) is 24.5 Å². The standard InChI is InChI=1S/C13H18N4O/c1-14-9-13(18)15-7-4-8-17-10-16-11-5-2-3-6-12(11)17/h2-3,5-6,10,14H,4,7-9H2,1H3,(H,15,18). The van der Waals surface area contributed by atoms with Gasteiger partial charge in [0.2, 0.25) is 5.91 Å². The summed E-state index contributed by atoms with van der Waals surface area (Å²) in [5.41, 5.74) is 2.15. The fourth-order valence-electron chi connectivity index (χ4n) is 1.89. The molecule has 1 aromatic heterocycles. The third kappa shape index (κ3) is 3.07. The molecule has 1 amide bonds. The molecule has 2 rings (SSSR count). The average Bonchev–Trinajstić information content (AvgIpc) is 2.78. The van der Waals surface area contributed by atoms with E-state index >= 15 is 0 Å². The molecule has 0 aliphatic heterocycles. The molecule has 0 aliphatic rings. The second-order valence-corrected chi connectivity index (χ2v) is 4.16. The predicted octanol–water partition coefficient (Wildman–Crippen LogP) is 0.762. The van der Waals surface area contributed by atoms with Crippen LogP contribution in [0.4, 0.5) is 0 Å². The predicted molar refractivity (Wildman–Crippen MR) is 71.3 cm³/mol. The average molecular weight is 246 g/mol. The van der Waals surface area contributed by atoms with Gasteiger partial charge in [0.1, 0.15) is 0 Å². The number of nitrogens with one attached hydrogen (secondary N) is 2. The largest absolute Gasteiger partial charge is 0.355 e. The van der Waals surface area contributed by atoms with E-state index in [-0.39, 0.29) is 5.91 Å². The second kappa shape index (κ2) is 6.16. The Morgan fingerprint density at radius 2 is 2.22 bits per heavy atom. The van der Waals surface area contributed by atoms with Gasteiger partial charge in [0.15, 0.2) is 0 Å². The van der Waals surface area contributed by atoms with Crippen molar-refractivity contribution < 1.29 is 4.79 Å². The van der Waals surface area contributed by atoms with Gasteiger partial charge in [-0.1, -0.05) is 12.1 Å². The third-order valence-corrected chi connectivity index (χ3v) is 2.76. The van der Waals surface area contributed by atoms with Crippen molar-refractivity contribution in [3.05, 3.63) is 30.6 Å². The lowest BCUT2D eigenvalue weighted by molar-refractivity contribution is -0.120. The fraction of sp³-hybridized carbons (Fsp3) is 0.385. The number of carbonyl (C=O) groups is 1. The molecule has 5 heteroatoms. The van der Waals surface area contributed by atoms with Crippen molar-refractivity contribution in [2.24, 2.45) is 0 Å². The van der Waals surface area contributed by atoms with Crippen LogP contribution < -0.4 is 10.6 Å². The molecule has 2 N–H and O–H groups in total. The summed E-state index contributed by atoms with van der Waals surface area (Å²) < 4.78 is 2.11. The monoisotopic (exact) mass is 246 g/mol. The van der Waals surface area contributed by atoms with Crippen molar-refractivity contribution >= 4 is 16.9 Å². The van der Waals surface area contributed by atoms with Gasteiger partial charge in [0.25, 0.3) is 0 Å². The van der Waals surface area contributed by atoms with Crippen LogP contribution in [0.25, 0.3) is 11.0 Å². The van der Waals surface area contributed by atoms with Crippen LogP contribution in [0.2, 0.25) is 0 Å². The van der Waals surface area contributed by atoms with Gasteiger partial charge in [-0.05, 0) is 25.6 Å². The Kier molecular flexibility index (Phi) is 4.30. The number of aryl methyl sites for hydroxylation is 1. The van der Waals surface area contributed by atoms with E-state index < -0.39 is 0 Å². The minimum Gasteiger partial charge on any atom is -0.355 e. The van der Waals surface area contributed by atoms with E-state index in [1.54, 1.807) is 7.05 Å². The molecule has 2 aromatic rings. The van der Waals surface area contributed by atoms with E-state index in [0.717, 1.165) is 24.0 Å². The van der Waals surface area contributed by atoms with Crippen LogP contribution in [-0.4, -0.2) is 35.6 Å². The van der Waals surface area contributed by atoms with Crippen molar-refractivity contribution in [3.63, 3.8) is 0 Å². The fourth-order valence-corrected chi connectivity index (χ4v) is 1.89.